The third-order valence-electron chi connectivity index (χ3n) is 4.52. The summed E-state index contributed by atoms with van der Waals surface area (Å²) >= 11 is 0. The van der Waals surface area contributed by atoms with Crippen molar-refractivity contribution in [3.8, 4) is 0 Å². The van der Waals surface area contributed by atoms with Crippen LogP contribution in [0.25, 0.3) is 6.08 Å². The maximum absolute atomic E-state index is 12.6. The Hall–Kier alpha value is -1.17. The van der Waals surface area contributed by atoms with Gasteiger partial charge in [0.2, 0.25) is 10.0 Å². The first-order valence-electron chi connectivity index (χ1n) is 8.16. The van der Waals surface area contributed by atoms with Crippen molar-refractivity contribution in [1.29, 1.82) is 0 Å². The van der Waals surface area contributed by atoms with Gasteiger partial charge in [-0.25, -0.2) is 8.42 Å². The first-order valence-corrected chi connectivity index (χ1v) is 9.67. The maximum atomic E-state index is 12.6. The van der Waals surface area contributed by atoms with Gasteiger partial charge in [0.05, 0.1) is 5.60 Å². The SMILES string of the molecule is CC(C)C[C@H]1CN(S(=O)(=O)/C=C/c2ccccc2)CC[C@@]1(C)O. The van der Waals surface area contributed by atoms with Crippen molar-refractivity contribution in [3.05, 3.63) is 41.3 Å². The van der Waals surface area contributed by atoms with E-state index < -0.39 is 15.6 Å². The van der Waals surface area contributed by atoms with Crippen molar-refractivity contribution in [1.82, 2.24) is 4.31 Å². The molecule has 0 amide bonds. The summed E-state index contributed by atoms with van der Waals surface area (Å²) in [5.41, 5.74) is 0.0678. The maximum Gasteiger partial charge on any atom is 0.236 e. The second kappa shape index (κ2) is 7.16. The van der Waals surface area contributed by atoms with Gasteiger partial charge in [-0.3, -0.25) is 0 Å². The van der Waals surface area contributed by atoms with Crippen LogP contribution in [0.1, 0.15) is 39.2 Å². The first kappa shape index (κ1) is 18.2. The van der Waals surface area contributed by atoms with Crippen molar-refractivity contribution in [2.45, 2.75) is 39.2 Å². The van der Waals surface area contributed by atoms with Crippen LogP contribution in [0.3, 0.4) is 0 Å². The van der Waals surface area contributed by atoms with Crippen molar-refractivity contribution in [2.75, 3.05) is 13.1 Å². The average molecular weight is 337 g/mol. The van der Waals surface area contributed by atoms with E-state index in [1.165, 1.54) is 9.71 Å². The van der Waals surface area contributed by atoms with Gasteiger partial charge in [0.15, 0.2) is 0 Å². The summed E-state index contributed by atoms with van der Waals surface area (Å²) in [5, 5.41) is 11.8. The zero-order chi connectivity index (χ0) is 17.1. The molecule has 0 radical (unpaired) electrons. The van der Waals surface area contributed by atoms with E-state index in [0.29, 0.717) is 25.4 Å². The lowest BCUT2D eigenvalue weighted by atomic mass is 9.78. The quantitative estimate of drug-likeness (QED) is 0.898. The summed E-state index contributed by atoms with van der Waals surface area (Å²) < 4.78 is 26.6. The Morgan fingerprint density at radius 3 is 2.61 bits per heavy atom. The number of benzene rings is 1. The van der Waals surface area contributed by atoms with Crippen LogP contribution < -0.4 is 0 Å². The average Bonchev–Trinajstić information content (AvgIpc) is 2.48. The Kier molecular flexibility index (Phi) is 5.65. The Labute approximate surface area is 139 Å². The Bertz CT molecular complexity index is 635. The summed E-state index contributed by atoms with van der Waals surface area (Å²) in [6, 6.07) is 9.39. The minimum Gasteiger partial charge on any atom is -0.390 e. The fraction of sp³-hybridized carbons (Fsp3) is 0.556. The molecule has 5 heteroatoms. The lowest BCUT2D eigenvalue weighted by molar-refractivity contribution is -0.0480. The van der Waals surface area contributed by atoms with E-state index in [0.717, 1.165) is 12.0 Å². The highest BCUT2D eigenvalue weighted by Crippen LogP contribution is 2.33. The lowest BCUT2D eigenvalue weighted by Gasteiger charge is -2.42. The van der Waals surface area contributed by atoms with Crippen LogP contribution in [-0.4, -0.2) is 36.5 Å². The number of nitrogens with zero attached hydrogens (tertiary/aromatic N) is 1. The van der Waals surface area contributed by atoms with Crippen LogP contribution in [0.4, 0.5) is 0 Å². The summed E-state index contributed by atoms with van der Waals surface area (Å²) in [5.74, 6) is 0.394. The van der Waals surface area contributed by atoms with Crippen LogP contribution in [0, 0.1) is 11.8 Å². The van der Waals surface area contributed by atoms with Crippen LogP contribution in [-0.2, 0) is 10.0 Å². The molecule has 0 aliphatic carbocycles. The van der Waals surface area contributed by atoms with Crippen molar-refractivity contribution in [3.63, 3.8) is 0 Å². The van der Waals surface area contributed by atoms with Crippen molar-refractivity contribution >= 4 is 16.1 Å². The summed E-state index contributed by atoms with van der Waals surface area (Å²) in [6.45, 7) is 6.76. The molecule has 1 fully saturated rings. The molecule has 1 heterocycles. The van der Waals surface area contributed by atoms with Crippen molar-refractivity contribution in [2.24, 2.45) is 11.8 Å². The molecule has 23 heavy (non-hydrogen) atoms. The van der Waals surface area contributed by atoms with E-state index in [-0.39, 0.29) is 5.92 Å². The molecule has 1 aliphatic rings. The molecular formula is C18H27NO3S. The Morgan fingerprint density at radius 2 is 2.00 bits per heavy atom. The monoisotopic (exact) mass is 337 g/mol. The third-order valence-corrected chi connectivity index (χ3v) is 6.05. The molecule has 128 valence electrons. The van der Waals surface area contributed by atoms with Crippen LogP contribution in [0.5, 0.6) is 0 Å². The molecule has 1 N–H and O–H groups in total. The number of aliphatic hydroxyl groups is 1. The highest BCUT2D eigenvalue weighted by molar-refractivity contribution is 7.92. The molecule has 0 spiro atoms. The zero-order valence-electron chi connectivity index (χ0n) is 14.1. The fourth-order valence-corrected chi connectivity index (χ4v) is 4.27. The number of piperidine rings is 1. The van der Waals surface area contributed by atoms with Gasteiger partial charge in [-0.2, -0.15) is 4.31 Å². The molecule has 1 saturated heterocycles. The molecule has 2 atom stereocenters. The van der Waals surface area contributed by atoms with Gasteiger partial charge in [-0.05, 0) is 37.3 Å². The van der Waals surface area contributed by atoms with E-state index >= 15 is 0 Å². The zero-order valence-corrected chi connectivity index (χ0v) is 15.0. The molecule has 0 aromatic heterocycles. The lowest BCUT2D eigenvalue weighted by Crippen LogP contribution is -2.51. The molecule has 1 aromatic rings. The molecule has 1 aliphatic heterocycles. The predicted octanol–water partition coefficient (Wildman–Crippen LogP) is 3.11. The van der Waals surface area contributed by atoms with Gasteiger partial charge in [-0.1, -0.05) is 44.2 Å². The Balaban J connectivity index is 2.12. The van der Waals surface area contributed by atoms with E-state index in [2.05, 4.69) is 13.8 Å². The van der Waals surface area contributed by atoms with Gasteiger partial charge in [0.25, 0.3) is 0 Å². The van der Waals surface area contributed by atoms with E-state index in [1.54, 1.807) is 6.08 Å². The molecule has 0 saturated carbocycles. The smallest absolute Gasteiger partial charge is 0.236 e. The highest BCUT2D eigenvalue weighted by Gasteiger charge is 2.40. The standard InChI is InChI=1S/C18H27NO3S/c1-15(2)13-17-14-19(11-10-18(17,3)20)23(21,22)12-9-16-7-5-4-6-8-16/h4-9,12,15,17,20H,10-11,13-14H2,1-3H3/b12-9+/t17-,18+/m0/s1. The van der Waals surface area contributed by atoms with E-state index in [9.17, 15) is 13.5 Å². The van der Waals surface area contributed by atoms with E-state index in [1.807, 2.05) is 37.3 Å². The van der Waals surface area contributed by atoms with E-state index in [4.69, 9.17) is 0 Å². The second-order valence-corrected chi connectivity index (χ2v) is 8.87. The predicted molar refractivity (Wildman–Crippen MR) is 94.2 cm³/mol. The summed E-state index contributed by atoms with van der Waals surface area (Å²) in [6.07, 6.45) is 2.92. The Morgan fingerprint density at radius 1 is 1.35 bits per heavy atom. The van der Waals surface area contributed by atoms with Gasteiger partial charge < -0.3 is 5.11 Å². The third kappa shape index (κ3) is 4.90. The van der Waals surface area contributed by atoms with Gasteiger partial charge in [-0.15, -0.1) is 0 Å². The molecule has 4 nitrogen and oxygen atoms in total. The molecule has 1 aromatic carbocycles. The topological polar surface area (TPSA) is 57.6 Å². The van der Waals surface area contributed by atoms with Gasteiger partial charge >= 0.3 is 0 Å². The summed E-state index contributed by atoms with van der Waals surface area (Å²) in [7, 11) is -3.46. The first-order chi connectivity index (χ1) is 10.7. The number of rotatable bonds is 5. The molecular weight excluding hydrogens is 310 g/mol. The van der Waals surface area contributed by atoms with Gasteiger partial charge in [0, 0.05) is 24.4 Å². The molecule has 0 bridgehead atoms. The molecule has 2 rings (SSSR count). The van der Waals surface area contributed by atoms with Crippen LogP contribution >= 0.6 is 0 Å². The number of hydrogen-bond donors (Lipinski definition) is 1. The van der Waals surface area contributed by atoms with Crippen LogP contribution in [0.2, 0.25) is 0 Å². The largest absolute Gasteiger partial charge is 0.390 e. The van der Waals surface area contributed by atoms with Gasteiger partial charge in [0.1, 0.15) is 0 Å². The fourth-order valence-electron chi connectivity index (χ4n) is 3.03. The molecule has 0 unspecified atom stereocenters. The number of hydrogen-bond acceptors (Lipinski definition) is 3. The second-order valence-electron chi connectivity index (χ2n) is 7.05. The summed E-state index contributed by atoms with van der Waals surface area (Å²) in [4.78, 5) is 0. The minimum atomic E-state index is -3.46. The number of sulfonamides is 1. The normalized spacial score (nSPS) is 26.9. The van der Waals surface area contributed by atoms with Crippen molar-refractivity contribution < 1.29 is 13.5 Å². The minimum absolute atomic E-state index is 0.0313. The van der Waals surface area contributed by atoms with Crippen LogP contribution in [0.15, 0.2) is 35.7 Å². The highest BCUT2D eigenvalue weighted by atomic mass is 32.2.